The van der Waals surface area contributed by atoms with E-state index in [1.165, 1.54) is 0 Å². The Morgan fingerprint density at radius 1 is 0.977 bits per heavy atom. The van der Waals surface area contributed by atoms with Gasteiger partial charge in [-0.25, -0.2) is 4.98 Å². The molecule has 0 atom stereocenters. The average Bonchev–Trinajstić information content (AvgIpc) is 3.52. The van der Waals surface area contributed by atoms with Gasteiger partial charge in [0.05, 0.1) is 16.9 Å². The van der Waals surface area contributed by atoms with E-state index >= 15 is 0 Å². The molecule has 2 aliphatic heterocycles. The van der Waals surface area contributed by atoms with Crippen molar-refractivity contribution in [2.45, 2.75) is 25.7 Å². The molecule has 8 nitrogen and oxygen atoms in total. The van der Waals surface area contributed by atoms with Gasteiger partial charge in [-0.2, -0.15) is 5.10 Å². The van der Waals surface area contributed by atoms with Crippen molar-refractivity contribution in [3.63, 3.8) is 0 Å². The number of fused-ring (bicyclic) bond motifs is 2. The molecule has 2 aliphatic rings. The summed E-state index contributed by atoms with van der Waals surface area (Å²) in [6.45, 7) is 12.0. The van der Waals surface area contributed by atoms with Crippen LogP contribution in [0.3, 0.4) is 0 Å². The number of ether oxygens (including phenoxy) is 1. The number of benzene rings is 2. The van der Waals surface area contributed by atoms with Crippen LogP contribution in [-0.4, -0.2) is 80.6 Å². The Morgan fingerprint density at radius 2 is 1.77 bits per heavy atom. The smallest absolute Gasteiger partial charge is 0.260 e. The van der Waals surface area contributed by atoms with Crippen LogP contribution in [0.4, 0.5) is 11.5 Å². The van der Waals surface area contributed by atoms with Crippen LogP contribution >= 0.6 is 0 Å². The second kappa shape index (κ2) is 12.3. The fourth-order valence-corrected chi connectivity index (χ4v) is 6.20. The molecule has 0 aliphatic carbocycles. The van der Waals surface area contributed by atoms with Gasteiger partial charge in [0.2, 0.25) is 0 Å². The zero-order valence-electron chi connectivity index (χ0n) is 25.5. The van der Waals surface area contributed by atoms with Gasteiger partial charge in [-0.15, -0.1) is 0 Å². The van der Waals surface area contributed by atoms with Crippen molar-refractivity contribution in [3.05, 3.63) is 83.2 Å². The molecule has 6 rings (SSSR count). The van der Waals surface area contributed by atoms with Crippen molar-refractivity contribution in [2.24, 2.45) is 0 Å². The number of anilines is 2. The number of nitrogens with one attached hydrogen (secondary N) is 1. The van der Waals surface area contributed by atoms with Gasteiger partial charge in [-0.05, 0) is 66.7 Å². The van der Waals surface area contributed by atoms with Gasteiger partial charge in [0.15, 0.2) is 0 Å². The Labute approximate surface area is 254 Å². The topological polar surface area (TPSA) is 77.6 Å². The molecular formula is C34H40N6O2Si. The lowest BCUT2D eigenvalue weighted by molar-refractivity contribution is -0.114. The number of para-hydroxylation sites is 1. The third-order valence-corrected chi connectivity index (χ3v) is 9.84. The van der Waals surface area contributed by atoms with E-state index in [0.29, 0.717) is 12.2 Å². The Hall–Kier alpha value is -4.05. The molecule has 1 saturated heterocycles. The third kappa shape index (κ3) is 6.64. The van der Waals surface area contributed by atoms with E-state index in [1.54, 1.807) is 4.90 Å². The zero-order chi connectivity index (χ0) is 30.0. The number of aromatic nitrogens is 3. The summed E-state index contributed by atoms with van der Waals surface area (Å²) in [6.07, 6.45) is 7.94. The second-order valence-corrected chi connectivity index (χ2v) is 18.3. The highest BCUT2D eigenvalue weighted by Crippen LogP contribution is 2.38. The highest BCUT2D eigenvalue weighted by Gasteiger charge is 2.32. The summed E-state index contributed by atoms with van der Waals surface area (Å²) in [5.41, 5.74) is 6.26. The summed E-state index contributed by atoms with van der Waals surface area (Å²) >= 11 is 0. The molecule has 4 aromatic rings. The maximum absolute atomic E-state index is 13.5. The van der Waals surface area contributed by atoms with Crippen LogP contribution < -0.4 is 9.80 Å². The number of carbonyl (C=O) groups is 1. The van der Waals surface area contributed by atoms with Crippen molar-refractivity contribution < 1.29 is 9.53 Å². The van der Waals surface area contributed by atoms with Crippen molar-refractivity contribution in [3.8, 4) is 0 Å². The molecule has 43 heavy (non-hydrogen) atoms. The highest BCUT2D eigenvalue weighted by molar-refractivity contribution is 6.76. The van der Waals surface area contributed by atoms with Crippen LogP contribution in [0.15, 0.2) is 60.8 Å². The standard InChI is InChI=1S/C34H40N6O2Si/c1-38-15-17-39(18-16-38)33-14-11-25(23-35-33)10-13-30-28-12-9-26(22-31(28)37-36-30)21-29-27-7-5-6-8-32(27)40(34(29)41)24-42-19-20-43(2,3)4/h5-14,21-23H,15-20,24H2,1-4H3,(H,36,37)/b13-10+,29-21-. The lowest BCUT2D eigenvalue weighted by Gasteiger charge is -2.33. The molecule has 9 heteroatoms. The van der Waals surface area contributed by atoms with Gasteiger partial charge in [0.25, 0.3) is 5.91 Å². The van der Waals surface area contributed by atoms with Gasteiger partial charge in [-0.3, -0.25) is 14.8 Å². The highest BCUT2D eigenvalue weighted by atomic mass is 28.3. The summed E-state index contributed by atoms with van der Waals surface area (Å²) < 4.78 is 5.96. The molecule has 0 unspecified atom stereocenters. The number of amides is 1. The normalized spacial score (nSPS) is 17.1. The molecule has 0 spiro atoms. The maximum atomic E-state index is 13.5. The van der Waals surface area contributed by atoms with E-state index in [0.717, 1.165) is 77.0 Å². The second-order valence-electron chi connectivity index (χ2n) is 12.6. The average molecular weight is 593 g/mol. The maximum Gasteiger partial charge on any atom is 0.260 e. The number of rotatable bonds is 9. The van der Waals surface area contributed by atoms with Crippen LogP contribution in [0.25, 0.3) is 34.7 Å². The number of nitrogens with zero attached hydrogens (tertiary/aromatic N) is 5. The van der Waals surface area contributed by atoms with Gasteiger partial charge in [0, 0.05) is 63.6 Å². The van der Waals surface area contributed by atoms with E-state index in [1.807, 2.05) is 60.8 Å². The SMILES string of the molecule is CN1CCN(c2ccc(/C=C/c3n[nH]c4cc(/C=C5\C(=O)N(COCC[Si](C)(C)C)c6ccccc65)ccc34)cn2)CC1. The monoisotopic (exact) mass is 592 g/mol. The molecule has 222 valence electrons. The molecule has 0 radical (unpaired) electrons. The Bertz CT molecular complexity index is 1660. The number of aromatic amines is 1. The predicted octanol–water partition coefficient (Wildman–Crippen LogP) is 6.08. The minimum absolute atomic E-state index is 0.0326. The van der Waals surface area contributed by atoms with E-state index in [-0.39, 0.29) is 12.6 Å². The van der Waals surface area contributed by atoms with E-state index in [2.05, 4.69) is 64.9 Å². The fraction of sp³-hybridized carbons (Fsp3) is 0.324. The molecule has 0 saturated carbocycles. The molecule has 2 aromatic heterocycles. The van der Waals surface area contributed by atoms with Crippen LogP contribution in [0.2, 0.25) is 25.7 Å². The van der Waals surface area contributed by atoms with Crippen LogP contribution in [0, 0.1) is 0 Å². The zero-order valence-corrected chi connectivity index (χ0v) is 26.5. The van der Waals surface area contributed by atoms with Crippen molar-refractivity contribution in [1.82, 2.24) is 20.1 Å². The number of hydrogen-bond acceptors (Lipinski definition) is 6. The summed E-state index contributed by atoms with van der Waals surface area (Å²) in [6, 6.07) is 19.3. The molecule has 0 bridgehead atoms. The summed E-state index contributed by atoms with van der Waals surface area (Å²) in [5, 5.41) is 8.73. The number of likely N-dealkylation sites (N-methyl/N-ethyl adjacent to an activating group) is 1. The fourth-order valence-electron chi connectivity index (χ4n) is 5.44. The summed E-state index contributed by atoms with van der Waals surface area (Å²) in [5.74, 6) is 0.993. The Morgan fingerprint density at radius 3 is 2.53 bits per heavy atom. The first-order valence-electron chi connectivity index (χ1n) is 15.0. The van der Waals surface area contributed by atoms with Gasteiger partial charge >= 0.3 is 0 Å². The van der Waals surface area contributed by atoms with Crippen LogP contribution in [-0.2, 0) is 9.53 Å². The molecule has 1 N–H and O–H groups in total. The number of piperazine rings is 1. The lowest BCUT2D eigenvalue weighted by atomic mass is 10.0. The quantitative estimate of drug-likeness (QED) is 0.144. The Kier molecular flexibility index (Phi) is 8.29. The first kappa shape index (κ1) is 29.0. The predicted molar refractivity (Wildman–Crippen MR) is 180 cm³/mol. The summed E-state index contributed by atoms with van der Waals surface area (Å²) in [7, 11) is 0.960. The van der Waals surface area contributed by atoms with Gasteiger partial charge < -0.3 is 14.5 Å². The van der Waals surface area contributed by atoms with Crippen molar-refractivity contribution in [1.29, 1.82) is 0 Å². The number of pyridine rings is 1. The van der Waals surface area contributed by atoms with Crippen LogP contribution in [0.5, 0.6) is 0 Å². The number of carbonyl (C=O) groups excluding carboxylic acids is 1. The van der Waals surface area contributed by atoms with E-state index in [4.69, 9.17) is 9.72 Å². The van der Waals surface area contributed by atoms with Crippen LogP contribution in [0.1, 0.15) is 22.4 Å². The minimum atomic E-state index is -1.20. The third-order valence-electron chi connectivity index (χ3n) is 8.14. The lowest BCUT2D eigenvalue weighted by Crippen LogP contribution is -2.44. The molecule has 2 aromatic carbocycles. The molecule has 4 heterocycles. The van der Waals surface area contributed by atoms with E-state index < -0.39 is 8.07 Å². The first-order valence-corrected chi connectivity index (χ1v) is 18.7. The number of H-pyrrole nitrogens is 1. The number of hydrogen-bond donors (Lipinski definition) is 1. The molecule has 1 fully saturated rings. The largest absolute Gasteiger partial charge is 0.361 e. The Balaban J connectivity index is 1.16. The molecular weight excluding hydrogens is 553 g/mol. The van der Waals surface area contributed by atoms with Crippen molar-refractivity contribution >= 4 is 60.2 Å². The van der Waals surface area contributed by atoms with Gasteiger partial charge in [-0.1, -0.05) is 50.0 Å². The minimum Gasteiger partial charge on any atom is -0.361 e. The summed E-state index contributed by atoms with van der Waals surface area (Å²) in [4.78, 5) is 24.6. The van der Waals surface area contributed by atoms with Crippen molar-refractivity contribution in [2.75, 3.05) is 56.4 Å². The molecule has 1 amide bonds. The van der Waals surface area contributed by atoms with Gasteiger partial charge in [0.1, 0.15) is 12.5 Å². The van der Waals surface area contributed by atoms with E-state index in [9.17, 15) is 4.79 Å². The first-order chi connectivity index (χ1) is 20.7.